The average Bonchev–Trinajstić information content (AvgIpc) is 2.88. The molecule has 194 valence electrons. The van der Waals surface area contributed by atoms with Gasteiger partial charge in [-0.1, -0.05) is 118 Å². The summed E-state index contributed by atoms with van der Waals surface area (Å²) in [6, 6.07) is 30.0. The van der Waals surface area contributed by atoms with Gasteiger partial charge in [-0.15, -0.1) is 0 Å². The zero-order valence-corrected chi connectivity index (χ0v) is 23.6. The van der Waals surface area contributed by atoms with Crippen molar-refractivity contribution in [1.82, 2.24) is 4.90 Å². The molecule has 0 radical (unpaired) electrons. The van der Waals surface area contributed by atoms with E-state index in [4.69, 9.17) is 9.16 Å². The molecule has 3 unspecified atom stereocenters. The van der Waals surface area contributed by atoms with E-state index >= 15 is 0 Å². The van der Waals surface area contributed by atoms with Crippen LogP contribution >= 0.6 is 0 Å². The summed E-state index contributed by atoms with van der Waals surface area (Å²) in [5.41, 5.74) is 3.14. The Morgan fingerprint density at radius 2 is 1.54 bits per heavy atom. The summed E-state index contributed by atoms with van der Waals surface area (Å²) in [6.07, 6.45) is -0.462. The molecule has 1 heterocycles. The van der Waals surface area contributed by atoms with Crippen LogP contribution in [0, 0.1) is 11.8 Å². The van der Waals surface area contributed by atoms with E-state index in [0.717, 1.165) is 11.1 Å². The molecular formula is C32H39NO3Si. The molecule has 37 heavy (non-hydrogen) atoms. The topological polar surface area (TPSA) is 41.9 Å². The molecule has 0 spiro atoms. The minimum atomic E-state index is -2.14. The average molecular weight is 514 g/mol. The Kier molecular flexibility index (Phi) is 8.38. The lowest BCUT2D eigenvalue weighted by Gasteiger charge is -2.44. The summed E-state index contributed by atoms with van der Waals surface area (Å²) in [5, 5.41) is 12.0. The summed E-state index contributed by atoms with van der Waals surface area (Å²) in [5.74, 6) is 4.81. The lowest BCUT2D eigenvalue weighted by atomic mass is 9.94. The van der Waals surface area contributed by atoms with Gasteiger partial charge in [-0.05, 0) is 40.7 Å². The van der Waals surface area contributed by atoms with Crippen LogP contribution < -0.4 is 0 Å². The summed E-state index contributed by atoms with van der Waals surface area (Å²) >= 11 is 0. The van der Waals surface area contributed by atoms with Gasteiger partial charge in [-0.25, -0.2) is 0 Å². The Balaban J connectivity index is 1.73. The molecule has 0 saturated carbocycles. The highest BCUT2D eigenvalue weighted by molar-refractivity contribution is 6.74. The minimum absolute atomic E-state index is 0.0268. The number of hydrogen-bond donors (Lipinski definition) is 1. The standard InChI is InChI=1S/C32H39NO3Si/c1-31(2,3)37(4,5)36-29(27-17-11-7-12-18-27)21-22-32(34)30(28-19-13-8-14-20-28)33(23-24-35-32)25-26-15-9-6-10-16-26/h6-20,29-30,34H,23-25H2,1-5H3. The molecule has 0 aliphatic carbocycles. The molecule has 0 amide bonds. The number of ether oxygens (including phenoxy) is 1. The van der Waals surface area contributed by atoms with Gasteiger partial charge >= 0.3 is 0 Å². The maximum atomic E-state index is 12.0. The molecular weight excluding hydrogens is 474 g/mol. The van der Waals surface area contributed by atoms with Gasteiger partial charge in [0, 0.05) is 13.1 Å². The molecule has 1 aliphatic rings. The van der Waals surface area contributed by atoms with Gasteiger partial charge in [-0.2, -0.15) is 0 Å². The molecule has 1 aliphatic heterocycles. The van der Waals surface area contributed by atoms with Crippen LogP contribution in [0.3, 0.4) is 0 Å². The van der Waals surface area contributed by atoms with E-state index in [1.54, 1.807) is 0 Å². The first kappa shape index (κ1) is 27.3. The van der Waals surface area contributed by atoms with E-state index in [-0.39, 0.29) is 5.04 Å². The summed E-state index contributed by atoms with van der Waals surface area (Å²) in [4.78, 5) is 2.26. The van der Waals surface area contributed by atoms with E-state index < -0.39 is 26.3 Å². The molecule has 1 N–H and O–H groups in total. The van der Waals surface area contributed by atoms with Crippen molar-refractivity contribution in [2.24, 2.45) is 0 Å². The van der Waals surface area contributed by atoms with Crippen molar-refractivity contribution < 1.29 is 14.3 Å². The molecule has 5 heteroatoms. The highest BCUT2D eigenvalue weighted by Gasteiger charge is 2.45. The number of hydrogen-bond acceptors (Lipinski definition) is 4. The molecule has 4 rings (SSSR count). The predicted molar refractivity (Wildman–Crippen MR) is 152 cm³/mol. The van der Waals surface area contributed by atoms with E-state index in [1.807, 2.05) is 78.9 Å². The molecule has 0 bridgehead atoms. The van der Waals surface area contributed by atoms with Crippen LogP contribution in [0.1, 0.15) is 49.6 Å². The molecule has 3 aromatic rings. The molecule has 3 aromatic carbocycles. The van der Waals surface area contributed by atoms with Crippen molar-refractivity contribution in [2.45, 2.75) is 63.4 Å². The fraction of sp³-hybridized carbons (Fsp3) is 0.375. The lowest BCUT2D eigenvalue weighted by Crippen LogP contribution is -2.53. The third-order valence-electron chi connectivity index (χ3n) is 7.48. The predicted octanol–water partition coefficient (Wildman–Crippen LogP) is 6.72. The van der Waals surface area contributed by atoms with Crippen molar-refractivity contribution >= 4 is 8.32 Å². The Bertz CT molecular complexity index is 1200. The maximum Gasteiger partial charge on any atom is 0.251 e. The largest absolute Gasteiger partial charge is 0.399 e. The van der Waals surface area contributed by atoms with Crippen molar-refractivity contribution in [1.29, 1.82) is 0 Å². The number of morpholine rings is 1. The second-order valence-electron chi connectivity index (χ2n) is 11.3. The lowest BCUT2D eigenvalue weighted by molar-refractivity contribution is -0.235. The van der Waals surface area contributed by atoms with Gasteiger partial charge in [0.15, 0.2) is 8.32 Å². The molecule has 0 aromatic heterocycles. The number of aliphatic hydroxyl groups is 1. The molecule has 3 atom stereocenters. The van der Waals surface area contributed by atoms with Gasteiger partial charge in [0.2, 0.25) is 0 Å². The normalized spacial score (nSPS) is 21.6. The van der Waals surface area contributed by atoms with Crippen LogP contribution in [0.5, 0.6) is 0 Å². The SMILES string of the molecule is CC(C)(C)[Si](C)(C)OC(C#CC1(O)OCCN(Cc2ccccc2)C1c1ccccc1)c1ccccc1. The number of nitrogens with zero attached hydrogens (tertiary/aromatic N) is 1. The zero-order chi connectivity index (χ0) is 26.5. The maximum absolute atomic E-state index is 12.0. The van der Waals surface area contributed by atoms with E-state index in [0.29, 0.717) is 19.7 Å². The van der Waals surface area contributed by atoms with E-state index in [9.17, 15) is 5.11 Å². The van der Waals surface area contributed by atoms with Crippen molar-refractivity contribution in [3.8, 4) is 11.8 Å². The van der Waals surface area contributed by atoms with Gasteiger partial charge in [0.1, 0.15) is 12.1 Å². The van der Waals surface area contributed by atoms with Crippen LogP contribution in [0.15, 0.2) is 91.0 Å². The number of benzene rings is 3. The fourth-order valence-corrected chi connectivity index (χ4v) is 5.53. The molecule has 1 saturated heterocycles. The van der Waals surface area contributed by atoms with Crippen LogP contribution in [-0.2, 0) is 15.7 Å². The summed E-state index contributed by atoms with van der Waals surface area (Å²) in [6.45, 7) is 12.9. The Labute approximate surface area is 223 Å². The first-order valence-corrected chi connectivity index (χ1v) is 15.9. The fourth-order valence-electron chi connectivity index (χ4n) is 4.39. The third-order valence-corrected chi connectivity index (χ3v) is 11.9. The summed E-state index contributed by atoms with van der Waals surface area (Å²) in [7, 11) is -2.14. The Hall–Kier alpha value is -2.72. The Morgan fingerprint density at radius 1 is 0.973 bits per heavy atom. The van der Waals surface area contributed by atoms with Crippen molar-refractivity contribution in [2.75, 3.05) is 13.2 Å². The Morgan fingerprint density at radius 3 is 2.14 bits per heavy atom. The highest BCUT2D eigenvalue weighted by atomic mass is 28.4. The van der Waals surface area contributed by atoms with Gasteiger partial charge in [-0.3, -0.25) is 4.90 Å². The summed E-state index contributed by atoms with van der Waals surface area (Å²) < 4.78 is 12.9. The first-order valence-electron chi connectivity index (χ1n) is 13.0. The monoisotopic (exact) mass is 513 g/mol. The van der Waals surface area contributed by atoms with Crippen LogP contribution in [0.4, 0.5) is 0 Å². The van der Waals surface area contributed by atoms with Crippen molar-refractivity contribution in [3.05, 3.63) is 108 Å². The second-order valence-corrected chi connectivity index (χ2v) is 16.0. The van der Waals surface area contributed by atoms with Crippen molar-refractivity contribution in [3.63, 3.8) is 0 Å². The van der Waals surface area contributed by atoms with Crippen LogP contribution in [-0.4, -0.2) is 37.3 Å². The van der Waals surface area contributed by atoms with Gasteiger partial charge < -0.3 is 14.3 Å². The zero-order valence-electron chi connectivity index (χ0n) is 22.6. The second kappa shape index (κ2) is 11.3. The van der Waals surface area contributed by atoms with Gasteiger partial charge in [0.25, 0.3) is 5.79 Å². The van der Waals surface area contributed by atoms with E-state index in [2.05, 4.69) is 62.7 Å². The van der Waals surface area contributed by atoms with Crippen LogP contribution in [0.25, 0.3) is 0 Å². The number of rotatable bonds is 6. The molecule has 1 fully saturated rings. The smallest absolute Gasteiger partial charge is 0.251 e. The minimum Gasteiger partial charge on any atom is -0.399 e. The first-order chi connectivity index (χ1) is 17.6. The van der Waals surface area contributed by atoms with Gasteiger partial charge in [0.05, 0.1) is 6.61 Å². The quantitative estimate of drug-likeness (QED) is 0.294. The molecule has 4 nitrogen and oxygen atoms in total. The van der Waals surface area contributed by atoms with Crippen LogP contribution in [0.2, 0.25) is 18.1 Å². The van der Waals surface area contributed by atoms with E-state index in [1.165, 1.54) is 5.56 Å². The third kappa shape index (κ3) is 6.59. The highest BCUT2D eigenvalue weighted by Crippen LogP contribution is 2.40.